The molecule has 2 N–H and O–H groups in total. The van der Waals surface area contributed by atoms with E-state index in [9.17, 15) is 4.79 Å². The molecule has 1 spiro atoms. The van der Waals surface area contributed by atoms with Crippen LogP contribution >= 0.6 is 23.7 Å². The van der Waals surface area contributed by atoms with Crippen LogP contribution in [0.5, 0.6) is 0 Å². The Morgan fingerprint density at radius 2 is 2.25 bits per heavy atom. The third-order valence-electron chi connectivity index (χ3n) is 4.13. The minimum absolute atomic E-state index is 0. The van der Waals surface area contributed by atoms with Crippen LogP contribution in [0.15, 0.2) is 16.8 Å². The van der Waals surface area contributed by atoms with E-state index in [4.69, 9.17) is 4.74 Å². The van der Waals surface area contributed by atoms with Crippen molar-refractivity contribution in [1.82, 2.24) is 10.6 Å². The molecule has 2 fully saturated rings. The zero-order valence-corrected chi connectivity index (χ0v) is 13.0. The number of hydrogen-bond donors (Lipinski definition) is 2. The molecular formula is C14H21ClN2O2S. The molecule has 6 heteroatoms. The van der Waals surface area contributed by atoms with Gasteiger partial charge in [0, 0.05) is 17.5 Å². The Morgan fingerprint density at radius 3 is 2.95 bits per heavy atom. The van der Waals surface area contributed by atoms with Gasteiger partial charge in [-0.3, -0.25) is 4.79 Å². The van der Waals surface area contributed by atoms with Crippen molar-refractivity contribution in [2.45, 2.75) is 37.4 Å². The molecule has 3 heterocycles. The summed E-state index contributed by atoms with van der Waals surface area (Å²) >= 11 is 1.54. The topological polar surface area (TPSA) is 50.4 Å². The van der Waals surface area contributed by atoms with Gasteiger partial charge in [-0.15, -0.1) is 12.4 Å². The minimum Gasteiger partial charge on any atom is -0.370 e. The predicted octanol–water partition coefficient (Wildman–Crippen LogP) is 2.20. The fourth-order valence-corrected chi connectivity index (χ4v) is 3.63. The Labute approximate surface area is 129 Å². The first-order chi connectivity index (χ1) is 9.27. The molecule has 2 aliphatic rings. The predicted molar refractivity (Wildman–Crippen MR) is 82.8 cm³/mol. The van der Waals surface area contributed by atoms with Gasteiger partial charge in [-0.05, 0) is 50.2 Å². The molecule has 1 atom stereocenters. The highest BCUT2D eigenvalue weighted by atomic mass is 35.5. The maximum Gasteiger partial charge on any atom is 0.252 e. The maximum atomic E-state index is 11.9. The largest absolute Gasteiger partial charge is 0.370 e. The number of hydrogen-bond acceptors (Lipinski definition) is 4. The zero-order valence-electron chi connectivity index (χ0n) is 11.4. The fourth-order valence-electron chi connectivity index (χ4n) is 2.99. The number of amides is 1. The first kappa shape index (κ1) is 15.8. The molecule has 3 rings (SSSR count). The number of thiophene rings is 1. The number of ether oxygens (including phenoxy) is 1. The zero-order chi connectivity index (χ0) is 13.1. The Bertz CT molecular complexity index is 432. The number of carbonyl (C=O) groups is 1. The second-order valence-electron chi connectivity index (χ2n) is 5.43. The molecule has 0 aliphatic carbocycles. The molecule has 1 aromatic rings. The highest BCUT2D eigenvalue weighted by molar-refractivity contribution is 7.08. The number of piperidine rings is 1. The van der Waals surface area contributed by atoms with Gasteiger partial charge in [-0.1, -0.05) is 0 Å². The van der Waals surface area contributed by atoms with Crippen LogP contribution in [0.4, 0.5) is 0 Å². The summed E-state index contributed by atoms with van der Waals surface area (Å²) < 4.78 is 6.21. The van der Waals surface area contributed by atoms with Crippen LogP contribution in [-0.4, -0.2) is 37.2 Å². The van der Waals surface area contributed by atoms with Crippen LogP contribution in [-0.2, 0) is 4.74 Å². The second kappa shape index (κ2) is 6.89. The first-order valence-corrected chi connectivity index (χ1v) is 7.91. The molecule has 0 radical (unpaired) electrons. The maximum absolute atomic E-state index is 11.9. The highest BCUT2D eigenvalue weighted by Crippen LogP contribution is 2.36. The smallest absolute Gasteiger partial charge is 0.252 e. The number of nitrogens with one attached hydrogen (secondary N) is 2. The van der Waals surface area contributed by atoms with Crippen molar-refractivity contribution in [1.29, 1.82) is 0 Å². The van der Waals surface area contributed by atoms with E-state index >= 15 is 0 Å². The average Bonchev–Trinajstić information content (AvgIpc) is 3.08. The molecule has 0 aromatic carbocycles. The van der Waals surface area contributed by atoms with Gasteiger partial charge in [0.2, 0.25) is 0 Å². The van der Waals surface area contributed by atoms with Crippen molar-refractivity contribution in [3.8, 4) is 0 Å². The summed E-state index contributed by atoms with van der Waals surface area (Å²) in [6, 6.07) is 1.85. The number of carbonyl (C=O) groups excluding carboxylic acids is 1. The molecule has 0 saturated carbocycles. The molecule has 0 bridgehead atoms. The van der Waals surface area contributed by atoms with Gasteiger partial charge in [0.15, 0.2) is 0 Å². The molecule has 1 amide bonds. The van der Waals surface area contributed by atoms with Crippen LogP contribution in [0, 0.1) is 0 Å². The van der Waals surface area contributed by atoms with Crippen molar-refractivity contribution in [3.63, 3.8) is 0 Å². The average molecular weight is 317 g/mol. The van der Waals surface area contributed by atoms with Gasteiger partial charge < -0.3 is 15.4 Å². The standard InChI is InChI=1S/C14H20N2O2S.ClH/c17-13(11-2-8-19-10-11)16-9-12-1-3-14(18-12)4-6-15-7-5-14;/h2,8,10,12,15H,1,3-7,9H2,(H,16,17);1H. The van der Waals surface area contributed by atoms with E-state index in [1.165, 1.54) is 0 Å². The Morgan fingerprint density at radius 1 is 1.45 bits per heavy atom. The monoisotopic (exact) mass is 316 g/mol. The molecular weight excluding hydrogens is 296 g/mol. The van der Waals surface area contributed by atoms with Gasteiger partial charge >= 0.3 is 0 Å². The van der Waals surface area contributed by atoms with Gasteiger partial charge in [-0.2, -0.15) is 11.3 Å². The summed E-state index contributed by atoms with van der Waals surface area (Å²) in [6.45, 7) is 2.73. The Balaban J connectivity index is 0.00000147. The van der Waals surface area contributed by atoms with Crippen LogP contribution in [0.2, 0.25) is 0 Å². The highest BCUT2D eigenvalue weighted by Gasteiger charge is 2.40. The molecule has 1 unspecified atom stereocenters. The lowest BCUT2D eigenvalue weighted by atomic mass is 9.89. The third kappa shape index (κ3) is 3.52. The summed E-state index contributed by atoms with van der Waals surface area (Å²) in [6.07, 6.45) is 4.57. The number of halogens is 1. The lowest BCUT2D eigenvalue weighted by Crippen LogP contribution is -2.43. The summed E-state index contributed by atoms with van der Waals surface area (Å²) in [5, 5.41) is 10.1. The van der Waals surface area contributed by atoms with Crippen molar-refractivity contribution >= 4 is 29.7 Å². The fraction of sp³-hybridized carbons (Fsp3) is 0.643. The molecule has 1 aromatic heterocycles. The van der Waals surface area contributed by atoms with Crippen molar-refractivity contribution in [3.05, 3.63) is 22.4 Å². The summed E-state index contributed by atoms with van der Waals surface area (Å²) in [5.41, 5.74) is 0.836. The Hall–Kier alpha value is -0.620. The normalized spacial score (nSPS) is 24.3. The van der Waals surface area contributed by atoms with E-state index in [0.717, 1.165) is 44.3 Å². The SMILES string of the molecule is Cl.O=C(NCC1CCC2(CCNCC2)O1)c1ccsc1. The summed E-state index contributed by atoms with van der Waals surface area (Å²) in [4.78, 5) is 11.9. The van der Waals surface area contributed by atoms with Crippen molar-refractivity contribution in [2.24, 2.45) is 0 Å². The minimum atomic E-state index is 0. The van der Waals surface area contributed by atoms with Crippen molar-refractivity contribution in [2.75, 3.05) is 19.6 Å². The summed E-state index contributed by atoms with van der Waals surface area (Å²) in [7, 11) is 0. The van der Waals surface area contributed by atoms with Gasteiger partial charge in [0.25, 0.3) is 5.91 Å². The van der Waals surface area contributed by atoms with Crippen LogP contribution < -0.4 is 10.6 Å². The lowest BCUT2D eigenvalue weighted by molar-refractivity contribution is -0.0576. The Kier molecular flexibility index (Phi) is 5.43. The van der Waals surface area contributed by atoms with Crippen LogP contribution in [0.25, 0.3) is 0 Å². The third-order valence-corrected chi connectivity index (χ3v) is 4.81. The molecule has 2 aliphatic heterocycles. The van der Waals surface area contributed by atoms with Crippen LogP contribution in [0.1, 0.15) is 36.0 Å². The van der Waals surface area contributed by atoms with E-state index < -0.39 is 0 Å². The van der Waals surface area contributed by atoms with Crippen molar-refractivity contribution < 1.29 is 9.53 Å². The lowest BCUT2D eigenvalue weighted by Gasteiger charge is -2.33. The van der Waals surface area contributed by atoms with Gasteiger partial charge in [-0.25, -0.2) is 0 Å². The molecule has 2 saturated heterocycles. The molecule has 4 nitrogen and oxygen atoms in total. The number of rotatable bonds is 3. The van der Waals surface area contributed by atoms with E-state index in [1.54, 1.807) is 11.3 Å². The van der Waals surface area contributed by atoms with Crippen LogP contribution in [0.3, 0.4) is 0 Å². The summed E-state index contributed by atoms with van der Waals surface area (Å²) in [5.74, 6) is 0.0103. The van der Waals surface area contributed by atoms with Gasteiger partial charge in [0.05, 0.1) is 11.7 Å². The molecule has 112 valence electrons. The molecule has 20 heavy (non-hydrogen) atoms. The van der Waals surface area contributed by atoms with E-state index in [0.29, 0.717) is 6.54 Å². The quantitative estimate of drug-likeness (QED) is 0.899. The van der Waals surface area contributed by atoms with Gasteiger partial charge in [0.1, 0.15) is 0 Å². The van der Waals surface area contributed by atoms with E-state index in [1.807, 2.05) is 16.8 Å². The first-order valence-electron chi connectivity index (χ1n) is 6.96. The van der Waals surface area contributed by atoms with E-state index in [2.05, 4.69) is 10.6 Å². The second-order valence-corrected chi connectivity index (χ2v) is 6.21. The van der Waals surface area contributed by atoms with E-state index in [-0.39, 0.29) is 30.0 Å².